The van der Waals surface area contributed by atoms with Crippen LogP contribution in [0.4, 0.5) is 0 Å². The number of ether oxygens (including phenoxy) is 2. The summed E-state index contributed by atoms with van der Waals surface area (Å²) in [6.45, 7) is 5.89. The molecule has 160 valence electrons. The summed E-state index contributed by atoms with van der Waals surface area (Å²) >= 11 is 1.33. The fourth-order valence-corrected chi connectivity index (χ4v) is 3.69. The van der Waals surface area contributed by atoms with Gasteiger partial charge in [-0.1, -0.05) is 66.6 Å². The molecule has 3 aromatic rings. The second-order valence-corrected chi connectivity index (χ2v) is 8.46. The molecule has 0 aromatic heterocycles. The highest BCUT2D eigenvalue weighted by molar-refractivity contribution is 7.99. The van der Waals surface area contributed by atoms with Gasteiger partial charge < -0.3 is 14.8 Å². The van der Waals surface area contributed by atoms with Crippen molar-refractivity contribution in [1.29, 1.82) is 0 Å². The highest BCUT2D eigenvalue weighted by Crippen LogP contribution is 2.38. The quantitative estimate of drug-likeness (QED) is 0.381. The average molecular weight is 434 g/mol. The van der Waals surface area contributed by atoms with Crippen LogP contribution in [0, 0.1) is 11.8 Å². The molecule has 0 bridgehead atoms. The van der Waals surface area contributed by atoms with Gasteiger partial charge >= 0.3 is 0 Å². The number of thioether (sulfide) groups is 1. The number of benzene rings is 3. The van der Waals surface area contributed by atoms with E-state index in [9.17, 15) is 4.79 Å². The normalized spacial score (nSPS) is 11.9. The van der Waals surface area contributed by atoms with Crippen molar-refractivity contribution in [2.24, 2.45) is 0 Å². The predicted molar refractivity (Wildman–Crippen MR) is 128 cm³/mol. The lowest BCUT2D eigenvalue weighted by atomic mass is 10.1. The Morgan fingerprint density at radius 2 is 1.77 bits per heavy atom. The van der Waals surface area contributed by atoms with Crippen LogP contribution in [0.25, 0.3) is 10.8 Å². The van der Waals surface area contributed by atoms with Gasteiger partial charge in [0.25, 0.3) is 5.91 Å². The van der Waals surface area contributed by atoms with Crippen molar-refractivity contribution in [2.45, 2.75) is 38.4 Å². The van der Waals surface area contributed by atoms with E-state index in [4.69, 9.17) is 9.47 Å². The summed E-state index contributed by atoms with van der Waals surface area (Å²) in [5.74, 6) is 6.78. The van der Waals surface area contributed by atoms with Crippen molar-refractivity contribution in [3.63, 3.8) is 0 Å². The molecule has 1 N–H and O–H groups in total. The summed E-state index contributed by atoms with van der Waals surface area (Å²) < 4.78 is 12.4. The lowest BCUT2D eigenvalue weighted by Crippen LogP contribution is -2.47. The van der Waals surface area contributed by atoms with Gasteiger partial charge in [0.05, 0.1) is 5.54 Å². The average Bonchev–Trinajstić information content (AvgIpc) is 2.76. The predicted octanol–water partition coefficient (Wildman–Crippen LogP) is 5.40. The number of carbonyl (C=O) groups is 1. The van der Waals surface area contributed by atoms with Crippen molar-refractivity contribution < 1.29 is 14.3 Å². The number of rotatable bonds is 8. The standard InChI is InChI=1S/C26H27NO3S/c1-5-17-26(2,3)27-24(28)25(31-4)30-23-21-14-10-9-13-20(21)15-16-22(23)29-18-19-11-7-6-8-12-19/h6-16,25H,18H2,1-4H3,(H,27,28). The minimum atomic E-state index is -0.747. The van der Waals surface area contributed by atoms with Crippen LogP contribution in [0.5, 0.6) is 11.5 Å². The summed E-state index contributed by atoms with van der Waals surface area (Å²) in [5, 5.41) is 4.87. The maximum atomic E-state index is 12.9. The third-order valence-corrected chi connectivity index (χ3v) is 5.35. The fraction of sp³-hybridized carbons (Fsp3) is 0.269. The second-order valence-electron chi connectivity index (χ2n) is 7.56. The number of carbonyl (C=O) groups excluding carboxylic acids is 1. The van der Waals surface area contributed by atoms with Crippen molar-refractivity contribution >= 4 is 28.4 Å². The molecule has 0 aliphatic heterocycles. The van der Waals surface area contributed by atoms with E-state index in [-0.39, 0.29) is 5.91 Å². The van der Waals surface area contributed by atoms with Crippen molar-refractivity contribution in [2.75, 3.05) is 6.26 Å². The van der Waals surface area contributed by atoms with Crippen LogP contribution >= 0.6 is 11.8 Å². The number of fused-ring (bicyclic) bond motifs is 1. The maximum absolute atomic E-state index is 12.9. The molecule has 1 unspecified atom stereocenters. The van der Waals surface area contributed by atoms with Crippen molar-refractivity contribution in [3.05, 3.63) is 72.3 Å². The summed E-state index contributed by atoms with van der Waals surface area (Å²) in [4.78, 5) is 12.9. The molecule has 1 atom stereocenters. The smallest absolute Gasteiger partial charge is 0.272 e. The summed E-state index contributed by atoms with van der Waals surface area (Å²) in [5.41, 5.74) is -0.336. The zero-order valence-electron chi connectivity index (χ0n) is 18.3. The zero-order chi connectivity index (χ0) is 22.3. The molecule has 0 spiro atoms. The monoisotopic (exact) mass is 433 g/mol. The minimum Gasteiger partial charge on any atom is -0.485 e. The van der Waals surface area contributed by atoms with E-state index in [0.29, 0.717) is 18.1 Å². The Kier molecular flexibility index (Phi) is 7.49. The van der Waals surface area contributed by atoms with Gasteiger partial charge in [0.2, 0.25) is 5.44 Å². The van der Waals surface area contributed by atoms with Gasteiger partial charge in [-0.25, -0.2) is 0 Å². The highest BCUT2D eigenvalue weighted by Gasteiger charge is 2.27. The van der Waals surface area contributed by atoms with Crippen LogP contribution < -0.4 is 14.8 Å². The van der Waals surface area contributed by atoms with E-state index in [1.54, 1.807) is 6.92 Å². The van der Waals surface area contributed by atoms with Crippen LogP contribution in [0.15, 0.2) is 66.7 Å². The molecule has 0 fully saturated rings. The van der Waals surface area contributed by atoms with Crippen LogP contribution in [0.1, 0.15) is 26.3 Å². The Morgan fingerprint density at radius 3 is 2.48 bits per heavy atom. The van der Waals surface area contributed by atoms with E-state index >= 15 is 0 Å². The van der Waals surface area contributed by atoms with Gasteiger partial charge in [0.1, 0.15) is 6.61 Å². The Bertz CT molecular complexity index is 1100. The molecule has 1 amide bonds. The second kappa shape index (κ2) is 10.3. The third-order valence-electron chi connectivity index (χ3n) is 4.61. The van der Waals surface area contributed by atoms with Crippen LogP contribution in [0.2, 0.25) is 0 Å². The van der Waals surface area contributed by atoms with E-state index in [1.807, 2.05) is 86.8 Å². The lowest BCUT2D eigenvalue weighted by molar-refractivity contribution is -0.125. The first-order chi connectivity index (χ1) is 14.9. The first kappa shape index (κ1) is 22.6. The molecule has 0 heterocycles. The van der Waals surface area contributed by atoms with Crippen molar-refractivity contribution in [3.8, 4) is 23.3 Å². The topological polar surface area (TPSA) is 47.6 Å². The molecule has 0 saturated heterocycles. The molecule has 0 aliphatic carbocycles. The van der Waals surface area contributed by atoms with E-state index in [2.05, 4.69) is 17.2 Å². The largest absolute Gasteiger partial charge is 0.485 e. The lowest BCUT2D eigenvalue weighted by Gasteiger charge is -2.25. The SMILES string of the molecule is CC#CC(C)(C)NC(=O)C(Oc1c(OCc2ccccc2)ccc2ccccc12)SC. The molecule has 3 aromatic carbocycles. The van der Waals surface area contributed by atoms with E-state index in [0.717, 1.165) is 16.3 Å². The highest BCUT2D eigenvalue weighted by atomic mass is 32.2. The van der Waals surface area contributed by atoms with Crippen molar-refractivity contribution in [1.82, 2.24) is 5.32 Å². The Balaban J connectivity index is 1.90. The summed E-state index contributed by atoms with van der Waals surface area (Å²) in [6, 6.07) is 21.7. The molecule has 4 nitrogen and oxygen atoms in total. The van der Waals surface area contributed by atoms with Crippen LogP contribution in [-0.4, -0.2) is 23.1 Å². The summed E-state index contributed by atoms with van der Waals surface area (Å²) in [7, 11) is 0. The van der Waals surface area contributed by atoms with Crippen LogP contribution in [0.3, 0.4) is 0 Å². The third kappa shape index (κ3) is 5.96. The molecule has 3 rings (SSSR count). The molecular weight excluding hydrogens is 406 g/mol. The van der Waals surface area contributed by atoms with Gasteiger partial charge in [0, 0.05) is 5.39 Å². The molecule has 5 heteroatoms. The molecule has 0 saturated carbocycles. The Labute approximate surface area is 188 Å². The first-order valence-electron chi connectivity index (χ1n) is 10.1. The van der Waals surface area contributed by atoms with E-state index < -0.39 is 11.0 Å². The number of hydrogen-bond donors (Lipinski definition) is 1. The Hall–Kier alpha value is -3.10. The van der Waals surface area contributed by atoms with Gasteiger partial charge in [-0.2, -0.15) is 0 Å². The minimum absolute atomic E-state index is 0.234. The number of nitrogens with one attached hydrogen (secondary N) is 1. The zero-order valence-corrected chi connectivity index (χ0v) is 19.1. The molecule has 31 heavy (non-hydrogen) atoms. The van der Waals surface area contributed by atoms with Gasteiger partial charge in [-0.3, -0.25) is 4.79 Å². The number of hydrogen-bond acceptors (Lipinski definition) is 4. The van der Waals surface area contributed by atoms with Crippen LogP contribution in [-0.2, 0) is 11.4 Å². The molecule has 0 radical (unpaired) electrons. The fourth-order valence-electron chi connectivity index (χ4n) is 3.22. The molecule has 0 aliphatic rings. The van der Waals surface area contributed by atoms with Gasteiger partial charge in [-0.05, 0) is 44.0 Å². The summed E-state index contributed by atoms with van der Waals surface area (Å²) in [6.07, 6.45) is 1.85. The Morgan fingerprint density at radius 1 is 1.06 bits per heavy atom. The van der Waals surface area contributed by atoms with Gasteiger partial charge in [0.15, 0.2) is 11.5 Å². The maximum Gasteiger partial charge on any atom is 0.272 e. The van der Waals surface area contributed by atoms with Gasteiger partial charge in [-0.15, -0.1) is 17.7 Å². The number of amides is 1. The van der Waals surface area contributed by atoms with E-state index in [1.165, 1.54) is 11.8 Å². The first-order valence-corrected chi connectivity index (χ1v) is 11.4. The molecular formula is C26H27NO3S.